The largest absolute Gasteiger partial charge is 0.367 e. The van der Waals surface area contributed by atoms with E-state index in [1.807, 2.05) is 12.1 Å². The van der Waals surface area contributed by atoms with E-state index < -0.39 is 0 Å². The highest BCUT2D eigenvalue weighted by Gasteiger charge is 2.28. The third-order valence-electron chi connectivity index (χ3n) is 4.12. The summed E-state index contributed by atoms with van der Waals surface area (Å²) in [6, 6.07) is 4.30. The predicted molar refractivity (Wildman–Crippen MR) is 78.9 cm³/mol. The first-order valence-corrected chi connectivity index (χ1v) is 7.49. The lowest BCUT2D eigenvalue weighted by atomic mass is 9.92. The van der Waals surface area contributed by atoms with E-state index in [4.69, 9.17) is 0 Å². The first-order chi connectivity index (χ1) is 10.2. The number of aromatic nitrogens is 1. The molecule has 3 heterocycles. The number of nitrogens with zero attached hydrogens (tertiary/aromatic N) is 1. The molecular weight excluding hydrogens is 268 g/mol. The van der Waals surface area contributed by atoms with Crippen LogP contribution in [0.25, 0.3) is 0 Å². The van der Waals surface area contributed by atoms with Gasteiger partial charge in [0.25, 0.3) is 0 Å². The van der Waals surface area contributed by atoms with Crippen LogP contribution in [0, 0.1) is 0 Å². The number of amides is 2. The van der Waals surface area contributed by atoms with Gasteiger partial charge in [-0.25, -0.2) is 4.98 Å². The standard InChI is InChI=1S/C15H20N4O2/c20-14-4-2-12(15(21)19-14)10-1-3-13(17-9-10)18-11-5-7-16-8-6-11/h1,3,9,11-12,16H,2,4-8H2,(H,17,18)(H,19,20,21). The third-order valence-corrected chi connectivity index (χ3v) is 4.12. The Bertz CT molecular complexity index is 523. The zero-order chi connectivity index (χ0) is 14.7. The number of piperidine rings is 2. The number of imide groups is 1. The Balaban J connectivity index is 1.63. The average molecular weight is 288 g/mol. The highest BCUT2D eigenvalue weighted by atomic mass is 16.2. The molecule has 0 aliphatic carbocycles. The van der Waals surface area contributed by atoms with Crippen LogP contribution in [-0.2, 0) is 9.59 Å². The van der Waals surface area contributed by atoms with Gasteiger partial charge in [0.2, 0.25) is 11.8 Å². The van der Waals surface area contributed by atoms with Crippen molar-refractivity contribution in [2.75, 3.05) is 18.4 Å². The second-order valence-corrected chi connectivity index (χ2v) is 5.65. The SMILES string of the molecule is O=C1CCC(c2ccc(NC3CCNCC3)nc2)C(=O)N1. The number of anilines is 1. The second kappa shape index (κ2) is 6.22. The van der Waals surface area contributed by atoms with E-state index in [1.165, 1.54) is 0 Å². The fraction of sp³-hybridized carbons (Fsp3) is 0.533. The Morgan fingerprint density at radius 3 is 2.62 bits per heavy atom. The van der Waals surface area contributed by atoms with E-state index in [-0.39, 0.29) is 17.7 Å². The van der Waals surface area contributed by atoms with Crippen molar-refractivity contribution in [3.8, 4) is 0 Å². The Labute approximate surface area is 123 Å². The lowest BCUT2D eigenvalue weighted by molar-refractivity contribution is -0.134. The van der Waals surface area contributed by atoms with Crippen molar-refractivity contribution in [2.24, 2.45) is 0 Å². The molecule has 0 spiro atoms. The van der Waals surface area contributed by atoms with Crippen LogP contribution in [0.4, 0.5) is 5.82 Å². The van der Waals surface area contributed by atoms with Gasteiger partial charge in [-0.3, -0.25) is 14.9 Å². The van der Waals surface area contributed by atoms with Crippen LogP contribution in [0.15, 0.2) is 18.3 Å². The average Bonchev–Trinajstić information content (AvgIpc) is 2.49. The Hall–Kier alpha value is -1.95. The lowest BCUT2D eigenvalue weighted by Crippen LogP contribution is -2.39. The van der Waals surface area contributed by atoms with E-state index in [0.717, 1.165) is 37.3 Å². The van der Waals surface area contributed by atoms with Crippen LogP contribution in [0.5, 0.6) is 0 Å². The molecule has 6 nitrogen and oxygen atoms in total. The van der Waals surface area contributed by atoms with E-state index in [2.05, 4.69) is 20.9 Å². The zero-order valence-electron chi connectivity index (χ0n) is 11.9. The molecule has 112 valence electrons. The summed E-state index contributed by atoms with van der Waals surface area (Å²) in [4.78, 5) is 27.4. The van der Waals surface area contributed by atoms with Crippen molar-refractivity contribution in [3.05, 3.63) is 23.9 Å². The molecule has 1 aromatic rings. The van der Waals surface area contributed by atoms with Gasteiger partial charge in [-0.2, -0.15) is 0 Å². The summed E-state index contributed by atoms with van der Waals surface area (Å²) in [5.41, 5.74) is 0.871. The summed E-state index contributed by atoms with van der Waals surface area (Å²) in [5, 5.41) is 9.13. The summed E-state index contributed by atoms with van der Waals surface area (Å²) in [6.45, 7) is 2.07. The van der Waals surface area contributed by atoms with Crippen LogP contribution >= 0.6 is 0 Å². The van der Waals surface area contributed by atoms with Crippen molar-refractivity contribution in [1.29, 1.82) is 0 Å². The van der Waals surface area contributed by atoms with Gasteiger partial charge in [0, 0.05) is 18.7 Å². The lowest BCUT2D eigenvalue weighted by Gasteiger charge is -2.24. The number of hydrogen-bond acceptors (Lipinski definition) is 5. The minimum atomic E-state index is -0.261. The molecule has 0 radical (unpaired) electrons. The molecule has 1 unspecified atom stereocenters. The van der Waals surface area contributed by atoms with Crippen LogP contribution < -0.4 is 16.0 Å². The summed E-state index contributed by atoms with van der Waals surface area (Å²) >= 11 is 0. The normalized spacial score (nSPS) is 23.7. The van der Waals surface area contributed by atoms with Crippen LogP contribution in [0.1, 0.15) is 37.2 Å². The van der Waals surface area contributed by atoms with E-state index in [1.54, 1.807) is 6.20 Å². The van der Waals surface area contributed by atoms with Crippen LogP contribution in [-0.4, -0.2) is 35.9 Å². The first-order valence-electron chi connectivity index (χ1n) is 7.49. The maximum atomic E-state index is 11.8. The molecule has 2 aliphatic rings. The van der Waals surface area contributed by atoms with Gasteiger partial charge in [-0.1, -0.05) is 6.07 Å². The molecule has 2 fully saturated rings. The van der Waals surface area contributed by atoms with Gasteiger partial charge < -0.3 is 10.6 Å². The third kappa shape index (κ3) is 3.39. The fourth-order valence-electron chi connectivity index (χ4n) is 2.88. The van der Waals surface area contributed by atoms with Gasteiger partial charge in [0.15, 0.2) is 0 Å². The molecule has 1 atom stereocenters. The molecule has 2 saturated heterocycles. The van der Waals surface area contributed by atoms with E-state index in [9.17, 15) is 9.59 Å². The molecule has 2 amide bonds. The Morgan fingerprint density at radius 1 is 1.14 bits per heavy atom. The zero-order valence-corrected chi connectivity index (χ0v) is 11.9. The molecule has 0 saturated carbocycles. The molecular formula is C15H20N4O2. The van der Waals surface area contributed by atoms with Gasteiger partial charge in [-0.15, -0.1) is 0 Å². The minimum Gasteiger partial charge on any atom is -0.367 e. The molecule has 3 N–H and O–H groups in total. The van der Waals surface area contributed by atoms with Gasteiger partial charge in [-0.05, 0) is 44.0 Å². The fourth-order valence-corrected chi connectivity index (χ4v) is 2.88. The molecule has 0 aromatic carbocycles. The molecule has 1 aromatic heterocycles. The Morgan fingerprint density at radius 2 is 1.95 bits per heavy atom. The summed E-state index contributed by atoms with van der Waals surface area (Å²) in [7, 11) is 0. The van der Waals surface area contributed by atoms with Crippen molar-refractivity contribution < 1.29 is 9.59 Å². The molecule has 2 aliphatic heterocycles. The maximum Gasteiger partial charge on any atom is 0.234 e. The summed E-state index contributed by atoms with van der Waals surface area (Å²) in [5.74, 6) is 0.182. The Kier molecular flexibility index (Phi) is 4.15. The number of carbonyl (C=O) groups excluding carboxylic acids is 2. The van der Waals surface area contributed by atoms with Gasteiger partial charge in [0.05, 0.1) is 5.92 Å². The molecule has 3 rings (SSSR count). The minimum absolute atomic E-state index is 0.187. The van der Waals surface area contributed by atoms with Crippen molar-refractivity contribution >= 4 is 17.6 Å². The monoisotopic (exact) mass is 288 g/mol. The highest BCUT2D eigenvalue weighted by molar-refractivity contribution is 6.00. The summed E-state index contributed by atoms with van der Waals surface area (Å²) < 4.78 is 0. The van der Waals surface area contributed by atoms with Crippen molar-refractivity contribution in [2.45, 2.75) is 37.6 Å². The molecule has 0 bridgehead atoms. The quantitative estimate of drug-likeness (QED) is 0.715. The second-order valence-electron chi connectivity index (χ2n) is 5.65. The number of carbonyl (C=O) groups is 2. The maximum absolute atomic E-state index is 11.8. The van der Waals surface area contributed by atoms with Crippen LogP contribution in [0.3, 0.4) is 0 Å². The smallest absolute Gasteiger partial charge is 0.234 e. The summed E-state index contributed by atoms with van der Waals surface area (Å²) in [6.07, 6.45) is 4.88. The van der Waals surface area contributed by atoms with Crippen molar-refractivity contribution in [1.82, 2.24) is 15.6 Å². The number of nitrogens with one attached hydrogen (secondary N) is 3. The van der Waals surface area contributed by atoms with Crippen molar-refractivity contribution in [3.63, 3.8) is 0 Å². The van der Waals surface area contributed by atoms with E-state index in [0.29, 0.717) is 18.9 Å². The topological polar surface area (TPSA) is 83.1 Å². The number of hydrogen-bond donors (Lipinski definition) is 3. The van der Waals surface area contributed by atoms with Crippen LogP contribution in [0.2, 0.25) is 0 Å². The molecule has 6 heteroatoms. The van der Waals surface area contributed by atoms with Gasteiger partial charge in [0.1, 0.15) is 5.82 Å². The van der Waals surface area contributed by atoms with Gasteiger partial charge >= 0.3 is 0 Å². The predicted octanol–water partition coefficient (Wildman–Crippen LogP) is 0.766. The number of pyridine rings is 1. The molecule has 21 heavy (non-hydrogen) atoms. The first kappa shape index (κ1) is 14.0. The highest BCUT2D eigenvalue weighted by Crippen LogP contribution is 2.25. The van der Waals surface area contributed by atoms with E-state index >= 15 is 0 Å². The number of rotatable bonds is 3.